The average molecular weight is 370 g/mol. The molecule has 0 spiro atoms. The molecule has 0 aliphatic carbocycles. The number of nitrogens with one attached hydrogen (secondary N) is 1. The van der Waals surface area contributed by atoms with Crippen LogP contribution in [-0.2, 0) is 0 Å². The van der Waals surface area contributed by atoms with E-state index in [1.165, 1.54) is 6.07 Å². The van der Waals surface area contributed by atoms with Crippen molar-refractivity contribution < 1.29 is 23.0 Å². The first-order valence-electron chi connectivity index (χ1n) is 6.40. The Kier molecular flexibility index (Phi) is 3.98. The van der Waals surface area contributed by atoms with Gasteiger partial charge < -0.3 is 14.8 Å². The van der Waals surface area contributed by atoms with Gasteiger partial charge in [0.1, 0.15) is 13.2 Å². The van der Waals surface area contributed by atoms with Crippen LogP contribution in [0, 0.1) is 11.6 Å². The van der Waals surface area contributed by atoms with E-state index in [-0.39, 0.29) is 5.56 Å². The van der Waals surface area contributed by atoms with Gasteiger partial charge in [-0.25, -0.2) is 8.78 Å². The Labute approximate surface area is 133 Å². The molecule has 0 radical (unpaired) electrons. The number of halogens is 3. The predicted octanol–water partition coefficient (Wildman–Crippen LogP) is 3.75. The van der Waals surface area contributed by atoms with E-state index in [1.807, 2.05) is 0 Å². The molecule has 4 nitrogen and oxygen atoms in total. The fourth-order valence-electron chi connectivity index (χ4n) is 1.99. The molecule has 0 fully saturated rings. The molecule has 2 aromatic rings. The zero-order valence-electron chi connectivity index (χ0n) is 11.2. The Morgan fingerprint density at radius 2 is 1.73 bits per heavy atom. The molecule has 22 heavy (non-hydrogen) atoms. The quantitative estimate of drug-likeness (QED) is 0.876. The fourth-order valence-corrected chi connectivity index (χ4v) is 2.41. The summed E-state index contributed by atoms with van der Waals surface area (Å²) in [5.41, 5.74) is 0.458. The fraction of sp³-hybridized carbons (Fsp3) is 0.133. The summed E-state index contributed by atoms with van der Waals surface area (Å²) in [4.78, 5) is 12.1. The van der Waals surface area contributed by atoms with Crippen molar-refractivity contribution in [3.63, 3.8) is 0 Å². The highest BCUT2D eigenvalue weighted by atomic mass is 79.9. The van der Waals surface area contributed by atoms with E-state index in [0.29, 0.717) is 34.9 Å². The number of carbonyl (C=O) groups excluding carboxylic acids is 1. The lowest BCUT2D eigenvalue weighted by atomic mass is 10.2. The lowest BCUT2D eigenvalue weighted by molar-refractivity contribution is 0.102. The van der Waals surface area contributed by atoms with Crippen molar-refractivity contribution in [3.05, 3.63) is 52.0 Å². The van der Waals surface area contributed by atoms with Crippen LogP contribution in [0.25, 0.3) is 0 Å². The van der Waals surface area contributed by atoms with Crippen LogP contribution in [0.2, 0.25) is 0 Å². The van der Waals surface area contributed by atoms with E-state index in [4.69, 9.17) is 9.47 Å². The van der Waals surface area contributed by atoms with Crippen molar-refractivity contribution in [1.82, 2.24) is 0 Å². The molecule has 1 aliphatic heterocycles. The Morgan fingerprint density at radius 1 is 1.05 bits per heavy atom. The average Bonchev–Trinajstić information content (AvgIpc) is 2.50. The van der Waals surface area contributed by atoms with Gasteiger partial charge in [-0.15, -0.1) is 0 Å². The molecule has 0 bridgehead atoms. The second-order valence-electron chi connectivity index (χ2n) is 4.56. The molecule has 1 amide bonds. The first kappa shape index (κ1) is 14.8. The maximum Gasteiger partial charge on any atom is 0.255 e. The minimum atomic E-state index is -1.08. The van der Waals surface area contributed by atoms with Crippen molar-refractivity contribution in [3.8, 4) is 11.5 Å². The van der Waals surface area contributed by atoms with Crippen LogP contribution in [0.3, 0.4) is 0 Å². The summed E-state index contributed by atoms with van der Waals surface area (Å²) in [6, 6.07) is 6.24. The maximum absolute atomic E-state index is 13.2. The Balaban J connectivity index is 1.86. The Hall–Kier alpha value is -2.15. The van der Waals surface area contributed by atoms with Crippen molar-refractivity contribution in [2.45, 2.75) is 0 Å². The van der Waals surface area contributed by atoms with Gasteiger partial charge in [0.2, 0.25) is 0 Å². The van der Waals surface area contributed by atoms with Crippen LogP contribution < -0.4 is 14.8 Å². The van der Waals surface area contributed by atoms with Gasteiger partial charge in [0, 0.05) is 22.2 Å². The number of hydrogen-bond acceptors (Lipinski definition) is 3. The number of fused-ring (bicyclic) bond motifs is 1. The molecule has 1 N–H and O–H groups in total. The summed E-state index contributed by atoms with van der Waals surface area (Å²) in [6.07, 6.45) is 0. The second kappa shape index (κ2) is 5.92. The Bertz CT molecular complexity index is 752. The summed E-state index contributed by atoms with van der Waals surface area (Å²) >= 11 is 3.32. The molecule has 1 aliphatic rings. The molecule has 1 heterocycles. The maximum atomic E-state index is 13.2. The zero-order chi connectivity index (χ0) is 15.7. The molecule has 0 unspecified atom stereocenters. The highest BCUT2D eigenvalue weighted by molar-refractivity contribution is 9.10. The van der Waals surface area contributed by atoms with E-state index in [2.05, 4.69) is 21.2 Å². The monoisotopic (exact) mass is 369 g/mol. The van der Waals surface area contributed by atoms with Crippen molar-refractivity contribution in [1.29, 1.82) is 0 Å². The minimum absolute atomic E-state index is 0.0145. The van der Waals surface area contributed by atoms with Crippen LogP contribution in [0.1, 0.15) is 10.4 Å². The lowest BCUT2D eigenvalue weighted by Crippen LogP contribution is -2.17. The van der Waals surface area contributed by atoms with Crippen molar-refractivity contribution in [2.24, 2.45) is 0 Å². The van der Waals surface area contributed by atoms with Crippen LogP contribution in [0.5, 0.6) is 11.5 Å². The topological polar surface area (TPSA) is 47.6 Å². The van der Waals surface area contributed by atoms with Gasteiger partial charge >= 0.3 is 0 Å². The number of carbonyl (C=O) groups is 1. The number of amides is 1. The minimum Gasteiger partial charge on any atom is -0.486 e. The number of hydrogen-bond donors (Lipinski definition) is 1. The molecular formula is C15H10BrF2NO3. The molecular weight excluding hydrogens is 360 g/mol. The largest absolute Gasteiger partial charge is 0.486 e. The third kappa shape index (κ3) is 2.89. The third-order valence-corrected chi connectivity index (χ3v) is 3.72. The highest BCUT2D eigenvalue weighted by Gasteiger charge is 2.17. The number of benzene rings is 2. The van der Waals surface area contributed by atoms with Crippen LogP contribution in [-0.4, -0.2) is 19.1 Å². The SMILES string of the molecule is O=C(Nc1cc2c(cc1Br)OCCO2)c1ccc(F)c(F)c1. The van der Waals surface area contributed by atoms with Gasteiger partial charge in [-0.05, 0) is 34.1 Å². The van der Waals surface area contributed by atoms with Gasteiger partial charge in [0.15, 0.2) is 23.1 Å². The molecule has 0 atom stereocenters. The Morgan fingerprint density at radius 3 is 2.41 bits per heavy atom. The molecule has 114 valence electrons. The number of anilines is 1. The summed E-state index contributed by atoms with van der Waals surface area (Å²) in [5.74, 6) is -1.55. The number of rotatable bonds is 2. The smallest absolute Gasteiger partial charge is 0.255 e. The first-order valence-corrected chi connectivity index (χ1v) is 7.19. The van der Waals surface area contributed by atoms with E-state index in [9.17, 15) is 13.6 Å². The van der Waals surface area contributed by atoms with Gasteiger partial charge in [-0.2, -0.15) is 0 Å². The molecule has 2 aromatic carbocycles. The second-order valence-corrected chi connectivity index (χ2v) is 5.41. The summed E-state index contributed by atoms with van der Waals surface area (Å²) in [7, 11) is 0. The first-order chi connectivity index (χ1) is 10.5. The van der Waals surface area contributed by atoms with E-state index in [1.54, 1.807) is 12.1 Å². The normalized spacial score (nSPS) is 12.9. The van der Waals surface area contributed by atoms with E-state index in [0.717, 1.165) is 12.1 Å². The molecule has 3 rings (SSSR count). The highest BCUT2D eigenvalue weighted by Crippen LogP contribution is 2.38. The van der Waals surface area contributed by atoms with Crippen LogP contribution in [0.4, 0.5) is 14.5 Å². The van der Waals surface area contributed by atoms with E-state index < -0.39 is 17.5 Å². The van der Waals surface area contributed by atoms with Gasteiger partial charge in [0.05, 0.1) is 5.69 Å². The van der Waals surface area contributed by atoms with Gasteiger partial charge in [-0.1, -0.05) is 0 Å². The van der Waals surface area contributed by atoms with Gasteiger partial charge in [0.25, 0.3) is 5.91 Å². The molecule has 7 heteroatoms. The zero-order valence-corrected chi connectivity index (χ0v) is 12.7. The number of ether oxygens (including phenoxy) is 2. The van der Waals surface area contributed by atoms with Crippen molar-refractivity contribution in [2.75, 3.05) is 18.5 Å². The van der Waals surface area contributed by atoms with E-state index >= 15 is 0 Å². The van der Waals surface area contributed by atoms with Crippen molar-refractivity contribution >= 4 is 27.5 Å². The third-order valence-electron chi connectivity index (χ3n) is 3.06. The van der Waals surface area contributed by atoms with Gasteiger partial charge in [-0.3, -0.25) is 4.79 Å². The van der Waals surface area contributed by atoms with Crippen LogP contribution in [0.15, 0.2) is 34.8 Å². The summed E-state index contributed by atoms with van der Waals surface area (Å²) in [6.45, 7) is 0.880. The molecule has 0 aromatic heterocycles. The molecule has 0 saturated carbocycles. The predicted molar refractivity (Wildman–Crippen MR) is 79.4 cm³/mol. The summed E-state index contributed by atoms with van der Waals surface area (Å²) in [5, 5.41) is 2.61. The summed E-state index contributed by atoms with van der Waals surface area (Å²) < 4.78 is 37.5. The standard InChI is InChI=1S/C15H10BrF2NO3/c16-9-6-13-14(22-4-3-21-13)7-12(9)19-15(20)8-1-2-10(17)11(18)5-8/h1-2,5-7H,3-4H2,(H,19,20). The lowest BCUT2D eigenvalue weighted by Gasteiger charge is -2.20. The van der Waals surface area contributed by atoms with Crippen LogP contribution >= 0.6 is 15.9 Å². The molecule has 0 saturated heterocycles.